The molecular weight excluding hydrogens is 252 g/mol. The predicted octanol–water partition coefficient (Wildman–Crippen LogP) is 1.65. The summed E-state index contributed by atoms with van der Waals surface area (Å²) in [6.07, 6.45) is 5.99. The quantitative estimate of drug-likeness (QED) is 0.896. The second-order valence-electron chi connectivity index (χ2n) is 3.69. The van der Waals surface area contributed by atoms with E-state index >= 15 is 0 Å². The monoisotopic (exact) mass is 262 g/mol. The summed E-state index contributed by atoms with van der Waals surface area (Å²) in [5, 5.41) is 0.226. The van der Waals surface area contributed by atoms with E-state index in [0.717, 1.165) is 19.1 Å². The highest BCUT2D eigenvalue weighted by atomic mass is 35.5. The van der Waals surface area contributed by atoms with E-state index in [2.05, 4.69) is 9.71 Å². The van der Waals surface area contributed by atoms with Crippen molar-refractivity contribution in [1.82, 2.24) is 4.98 Å². The number of nitrogens with zero attached hydrogens (tertiary/aromatic N) is 1. The van der Waals surface area contributed by atoms with Crippen LogP contribution in [0.5, 0.6) is 5.75 Å². The Balaban J connectivity index is 2.31. The minimum Gasteiger partial charge on any atom is -0.487 e. The van der Waals surface area contributed by atoms with Crippen LogP contribution in [-0.4, -0.2) is 25.8 Å². The first-order valence-corrected chi connectivity index (χ1v) is 7.00. The van der Waals surface area contributed by atoms with Gasteiger partial charge in [-0.2, -0.15) is 0 Å². The fourth-order valence-electron chi connectivity index (χ4n) is 1.16. The molecule has 0 bridgehead atoms. The number of rotatable bonds is 4. The summed E-state index contributed by atoms with van der Waals surface area (Å²) in [5.41, 5.74) is 0.256. The van der Waals surface area contributed by atoms with Gasteiger partial charge in [0.15, 0.2) is 5.75 Å². The van der Waals surface area contributed by atoms with E-state index in [1.54, 1.807) is 0 Å². The van der Waals surface area contributed by atoms with E-state index in [1.165, 1.54) is 12.4 Å². The summed E-state index contributed by atoms with van der Waals surface area (Å²) in [4.78, 5) is 3.86. The normalized spacial score (nSPS) is 15.9. The predicted molar refractivity (Wildman–Crippen MR) is 61.4 cm³/mol. The van der Waals surface area contributed by atoms with Gasteiger partial charge in [0.05, 0.1) is 23.6 Å². The van der Waals surface area contributed by atoms with Crippen LogP contribution in [0.25, 0.3) is 0 Å². The topological polar surface area (TPSA) is 68.3 Å². The maximum Gasteiger partial charge on any atom is 0.229 e. The lowest BCUT2D eigenvalue weighted by Gasteiger charge is -2.12. The van der Waals surface area contributed by atoms with Crippen LogP contribution in [0.1, 0.15) is 12.8 Å². The summed E-state index contributed by atoms with van der Waals surface area (Å²) >= 11 is 5.87. The number of pyridine rings is 1. The van der Waals surface area contributed by atoms with Crippen molar-refractivity contribution >= 4 is 27.3 Å². The first-order valence-electron chi connectivity index (χ1n) is 4.73. The summed E-state index contributed by atoms with van der Waals surface area (Å²) in [7, 11) is -3.38. The van der Waals surface area contributed by atoms with Crippen LogP contribution in [0.3, 0.4) is 0 Å². The summed E-state index contributed by atoms with van der Waals surface area (Å²) in [6.45, 7) is 0. The van der Waals surface area contributed by atoms with Crippen molar-refractivity contribution < 1.29 is 13.2 Å². The van der Waals surface area contributed by atoms with E-state index in [0.29, 0.717) is 5.75 Å². The van der Waals surface area contributed by atoms with Crippen LogP contribution in [0.2, 0.25) is 5.02 Å². The molecule has 0 radical (unpaired) electrons. The number of aromatic nitrogens is 1. The van der Waals surface area contributed by atoms with Crippen LogP contribution < -0.4 is 9.46 Å². The molecule has 1 aliphatic rings. The van der Waals surface area contributed by atoms with Crippen LogP contribution in [0, 0.1) is 0 Å². The van der Waals surface area contributed by atoms with Crippen molar-refractivity contribution in [2.75, 3.05) is 11.0 Å². The van der Waals surface area contributed by atoms with Gasteiger partial charge in [-0.3, -0.25) is 9.71 Å². The third-order valence-electron chi connectivity index (χ3n) is 1.97. The van der Waals surface area contributed by atoms with E-state index in [-0.39, 0.29) is 16.8 Å². The standard InChI is InChI=1S/C9H11ClN2O3S/c1-16(13,14)12-9-7(10)4-11-5-8(9)15-6-2-3-6/h4-6H,2-3H2,1H3,(H,11,12). The Morgan fingerprint density at radius 3 is 2.75 bits per heavy atom. The van der Waals surface area contributed by atoms with Crippen LogP contribution in [-0.2, 0) is 10.0 Å². The van der Waals surface area contributed by atoms with Gasteiger partial charge >= 0.3 is 0 Å². The Kier molecular flexibility index (Phi) is 2.94. The number of anilines is 1. The Morgan fingerprint density at radius 2 is 2.19 bits per heavy atom. The van der Waals surface area contributed by atoms with Crippen molar-refractivity contribution in [3.63, 3.8) is 0 Å². The Labute approximate surface area is 98.8 Å². The lowest BCUT2D eigenvalue weighted by atomic mass is 10.4. The molecule has 0 unspecified atom stereocenters. The van der Waals surface area contributed by atoms with E-state index in [4.69, 9.17) is 16.3 Å². The molecule has 0 aliphatic heterocycles. The molecule has 0 amide bonds. The molecule has 1 N–H and O–H groups in total. The number of ether oxygens (including phenoxy) is 1. The van der Waals surface area contributed by atoms with Crippen LogP contribution >= 0.6 is 11.6 Å². The van der Waals surface area contributed by atoms with E-state index in [1.807, 2.05) is 0 Å². The number of hydrogen-bond donors (Lipinski definition) is 1. The number of sulfonamides is 1. The maximum absolute atomic E-state index is 11.2. The van der Waals surface area contributed by atoms with Crippen LogP contribution in [0.4, 0.5) is 5.69 Å². The molecule has 1 aromatic rings. The molecule has 5 nitrogen and oxygen atoms in total. The zero-order valence-electron chi connectivity index (χ0n) is 8.60. The number of nitrogens with one attached hydrogen (secondary N) is 1. The fourth-order valence-corrected chi connectivity index (χ4v) is 1.99. The van der Waals surface area contributed by atoms with Gasteiger partial charge in [-0.15, -0.1) is 0 Å². The Hall–Kier alpha value is -1.01. The molecule has 1 aliphatic carbocycles. The van der Waals surface area contributed by atoms with Gasteiger partial charge < -0.3 is 4.74 Å². The summed E-state index contributed by atoms with van der Waals surface area (Å²) < 4.78 is 30.2. The molecule has 0 saturated heterocycles. The van der Waals surface area contributed by atoms with Gasteiger partial charge in [-0.1, -0.05) is 11.6 Å². The van der Waals surface area contributed by atoms with Crippen molar-refractivity contribution in [1.29, 1.82) is 0 Å². The van der Waals surface area contributed by atoms with Crippen molar-refractivity contribution in [2.45, 2.75) is 18.9 Å². The van der Waals surface area contributed by atoms with Crippen LogP contribution in [0.15, 0.2) is 12.4 Å². The Morgan fingerprint density at radius 1 is 1.50 bits per heavy atom. The molecule has 88 valence electrons. The first kappa shape index (κ1) is 11.5. The molecule has 1 saturated carbocycles. The first-order chi connectivity index (χ1) is 7.46. The molecule has 0 aromatic carbocycles. The zero-order valence-corrected chi connectivity index (χ0v) is 10.2. The molecule has 1 heterocycles. The number of hydrogen-bond acceptors (Lipinski definition) is 4. The average Bonchev–Trinajstić information content (AvgIpc) is 2.93. The highest BCUT2D eigenvalue weighted by Gasteiger charge is 2.25. The smallest absolute Gasteiger partial charge is 0.229 e. The highest BCUT2D eigenvalue weighted by molar-refractivity contribution is 7.92. The van der Waals surface area contributed by atoms with Crippen molar-refractivity contribution in [3.8, 4) is 5.75 Å². The van der Waals surface area contributed by atoms with E-state index in [9.17, 15) is 8.42 Å². The fraction of sp³-hybridized carbons (Fsp3) is 0.444. The van der Waals surface area contributed by atoms with Gasteiger partial charge in [0, 0.05) is 6.20 Å². The minimum atomic E-state index is -3.38. The maximum atomic E-state index is 11.2. The summed E-state index contributed by atoms with van der Waals surface area (Å²) in [5.74, 6) is 0.375. The highest BCUT2D eigenvalue weighted by Crippen LogP contribution is 2.35. The van der Waals surface area contributed by atoms with E-state index < -0.39 is 10.0 Å². The second-order valence-corrected chi connectivity index (χ2v) is 5.84. The molecule has 2 rings (SSSR count). The molecule has 0 atom stereocenters. The van der Waals surface area contributed by atoms with Gasteiger partial charge in [0.1, 0.15) is 5.69 Å². The zero-order chi connectivity index (χ0) is 11.8. The average molecular weight is 263 g/mol. The molecule has 1 aromatic heterocycles. The van der Waals surface area contributed by atoms with Crippen molar-refractivity contribution in [2.24, 2.45) is 0 Å². The lowest BCUT2D eigenvalue weighted by molar-refractivity contribution is 0.303. The van der Waals surface area contributed by atoms with Gasteiger partial charge in [-0.25, -0.2) is 8.42 Å². The Bertz CT molecular complexity index is 499. The minimum absolute atomic E-state index is 0.153. The molecule has 1 fully saturated rings. The molecule has 0 spiro atoms. The molecular formula is C9H11ClN2O3S. The number of halogens is 1. The second kappa shape index (κ2) is 4.10. The third kappa shape index (κ3) is 2.99. The van der Waals surface area contributed by atoms with Gasteiger partial charge in [-0.05, 0) is 12.8 Å². The molecule has 7 heteroatoms. The molecule has 16 heavy (non-hydrogen) atoms. The van der Waals surface area contributed by atoms with Gasteiger partial charge in [0.2, 0.25) is 10.0 Å². The summed E-state index contributed by atoms with van der Waals surface area (Å²) in [6, 6.07) is 0. The lowest BCUT2D eigenvalue weighted by Crippen LogP contribution is -2.12. The SMILES string of the molecule is CS(=O)(=O)Nc1c(Cl)cncc1OC1CC1. The van der Waals surface area contributed by atoms with Gasteiger partial charge in [0.25, 0.3) is 0 Å². The van der Waals surface area contributed by atoms with Crippen molar-refractivity contribution in [3.05, 3.63) is 17.4 Å². The third-order valence-corrected chi connectivity index (χ3v) is 2.83. The largest absolute Gasteiger partial charge is 0.487 e.